The first-order valence-corrected chi connectivity index (χ1v) is 24.0. The number of fused-ring (bicyclic) bond motifs is 6. The van der Waals surface area contributed by atoms with Gasteiger partial charge in [0.05, 0.1) is 10.8 Å². The molecule has 69 heavy (non-hydrogen) atoms. The van der Waals surface area contributed by atoms with Crippen LogP contribution in [0.3, 0.4) is 0 Å². The summed E-state index contributed by atoms with van der Waals surface area (Å²) in [6, 6.07) is 105. The summed E-state index contributed by atoms with van der Waals surface area (Å²) in [6.07, 6.45) is 0. The lowest BCUT2D eigenvalue weighted by Crippen LogP contribution is -2.28. The molecule has 1 heteroatoms. The number of benzene rings is 11. The highest BCUT2D eigenvalue weighted by atomic mass is 15.1. The maximum Gasteiger partial charge on any atom is 0.0714 e. The molecule has 0 atom stereocenters. The number of anilines is 3. The Balaban J connectivity index is 1.04. The van der Waals surface area contributed by atoms with Crippen molar-refractivity contribution in [2.45, 2.75) is 10.8 Å². The minimum atomic E-state index is -0.536. The van der Waals surface area contributed by atoms with E-state index in [1.807, 2.05) is 0 Å². The second-order valence-electron chi connectivity index (χ2n) is 18.3. The molecule has 0 N–H and O–H groups in total. The normalized spacial score (nSPS) is 13.4. The van der Waals surface area contributed by atoms with Gasteiger partial charge in [0.1, 0.15) is 0 Å². The SMILES string of the molecule is c1ccc(-c2cccc(-c3ccc(N(c4ccc5c(c4)-c4ccccc4C5(c4ccccc4)c4ccccc4)c4ccc5c(c4)C(c4ccccc4)(c4ccccc4)c4ccccc4-5)cc3)c2)cc1. The van der Waals surface area contributed by atoms with Crippen LogP contribution in [-0.4, -0.2) is 0 Å². The molecule has 0 unspecified atom stereocenters. The van der Waals surface area contributed by atoms with Crippen LogP contribution in [0.15, 0.2) is 285 Å². The molecular formula is C68H47N. The zero-order valence-corrected chi connectivity index (χ0v) is 38.1. The van der Waals surface area contributed by atoms with Crippen molar-refractivity contribution in [2.24, 2.45) is 0 Å². The minimum Gasteiger partial charge on any atom is -0.310 e. The van der Waals surface area contributed by atoms with E-state index in [1.54, 1.807) is 0 Å². The largest absolute Gasteiger partial charge is 0.310 e. The standard InChI is InChI=1S/C68H47N/c1-6-21-48(22-7-1)50-23-20-24-51(45-50)49-37-39-56(40-38-49)69(57-42-44-65-62(46-57)60-34-17-19-36-64(60)67(65,52-25-8-2-9-26-52)53-27-10-3-11-28-53)58-41-43-61-59-33-16-18-35-63(59)68(66(61)47-58,54-29-12-4-13-30-54)55-31-14-5-15-32-55/h1-47H. The number of hydrogen-bond acceptors (Lipinski definition) is 1. The Bertz CT molecular complexity index is 3560. The Labute approximate surface area is 404 Å². The van der Waals surface area contributed by atoms with Gasteiger partial charge >= 0.3 is 0 Å². The smallest absolute Gasteiger partial charge is 0.0714 e. The number of rotatable bonds is 9. The first-order valence-electron chi connectivity index (χ1n) is 24.0. The summed E-state index contributed by atoms with van der Waals surface area (Å²) in [5.74, 6) is 0. The van der Waals surface area contributed by atoms with Gasteiger partial charge in [-0.1, -0.05) is 243 Å². The van der Waals surface area contributed by atoms with E-state index < -0.39 is 10.8 Å². The summed E-state index contributed by atoms with van der Waals surface area (Å²) in [5.41, 5.74) is 22.2. The molecule has 11 aromatic rings. The summed E-state index contributed by atoms with van der Waals surface area (Å²) in [4.78, 5) is 2.47. The van der Waals surface area contributed by atoms with Crippen molar-refractivity contribution >= 4 is 17.1 Å². The topological polar surface area (TPSA) is 3.24 Å². The quantitative estimate of drug-likeness (QED) is 0.140. The lowest BCUT2D eigenvalue weighted by atomic mass is 9.67. The van der Waals surface area contributed by atoms with Crippen LogP contribution in [0.4, 0.5) is 17.1 Å². The highest BCUT2D eigenvalue weighted by Crippen LogP contribution is 2.59. The Morgan fingerprint density at radius 3 is 1.10 bits per heavy atom. The van der Waals surface area contributed by atoms with Gasteiger partial charge in [0, 0.05) is 17.1 Å². The van der Waals surface area contributed by atoms with E-state index in [0.29, 0.717) is 0 Å². The van der Waals surface area contributed by atoms with Crippen LogP contribution in [-0.2, 0) is 10.8 Å². The van der Waals surface area contributed by atoms with E-state index in [2.05, 4.69) is 290 Å². The Hall–Kier alpha value is -8.78. The number of nitrogens with zero attached hydrogens (tertiary/aromatic N) is 1. The predicted molar refractivity (Wildman–Crippen MR) is 287 cm³/mol. The third kappa shape index (κ3) is 6.32. The molecule has 0 saturated carbocycles. The summed E-state index contributed by atoms with van der Waals surface area (Å²) in [6.45, 7) is 0. The molecule has 0 fully saturated rings. The Morgan fingerprint density at radius 2 is 0.565 bits per heavy atom. The molecule has 0 saturated heterocycles. The second-order valence-corrected chi connectivity index (χ2v) is 18.3. The zero-order valence-electron chi connectivity index (χ0n) is 38.1. The van der Waals surface area contributed by atoms with Crippen LogP contribution < -0.4 is 4.90 Å². The lowest BCUT2D eigenvalue weighted by molar-refractivity contribution is 0.768. The second kappa shape index (κ2) is 16.5. The van der Waals surface area contributed by atoms with E-state index in [4.69, 9.17) is 0 Å². The van der Waals surface area contributed by atoms with Gasteiger partial charge in [0.15, 0.2) is 0 Å². The van der Waals surface area contributed by atoms with Gasteiger partial charge in [0.25, 0.3) is 0 Å². The average Bonchev–Trinajstić information content (AvgIpc) is 3.90. The first-order chi connectivity index (χ1) is 34.2. The molecule has 11 aromatic carbocycles. The monoisotopic (exact) mass is 877 g/mol. The van der Waals surface area contributed by atoms with Crippen molar-refractivity contribution in [1.82, 2.24) is 0 Å². The van der Waals surface area contributed by atoms with Crippen LogP contribution in [0.1, 0.15) is 44.5 Å². The van der Waals surface area contributed by atoms with Gasteiger partial charge < -0.3 is 4.90 Å². The van der Waals surface area contributed by atoms with E-state index in [9.17, 15) is 0 Å². The van der Waals surface area contributed by atoms with E-state index in [0.717, 1.165) is 17.1 Å². The molecule has 13 rings (SSSR count). The fourth-order valence-corrected chi connectivity index (χ4v) is 11.9. The predicted octanol–water partition coefficient (Wildman–Crippen LogP) is 17.2. The van der Waals surface area contributed by atoms with E-state index in [1.165, 1.54) is 89.0 Å². The van der Waals surface area contributed by atoms with Crippen molar-refractivity contribution < 1.29 is 0 Å². The Morgan fingerprint density at radius 1 is 0.203 bits per heavy atom. The maximum absolute atomic E-state index is 2.48. The van der Waals surface area contributed by atoms with Gasteiger partial charge in [-0.3, -0.25) is 0 Å². The van der Waals surface area contributed by atoms with Gasteiger partial charge in [-0.25, -0.2) is 0 Å². The van der Waals surface area contributed by atoms with Gasteiger partial charge in [-0.15, -0.1) is 0 Å². The minimum absolute atomic E-state index is 0.488. The molecule has 0 amide bonds. The molecule has 2 aliphatic carbocycles. The third-order valence-electron chi connectivity index (χ3n) is 14.8. The maximum atomic E-state index is 2.48. The lowest BCUT2D eigenvalue weighted by Gasteiger charge is -2.35. The molecular weight excluding hydrogens is 831 g/mol. The molecule has 0 heterocycles. The highest BCUT2D eigenvalue weighted by molar-refractivity contribution is 5.93. The van der Waals surface area contributed by atoms with Crippen molar-refractivity contribution in [2.75, 3.05) is 4.90 Å². The molecule has 0 aromatic heterocycles. The van der Waals surface area contributed by atoms with E-state index in [-0.39, 0.29) is 0 Å². The highest BCUT2D eigenvalue weighted by Gasteiger charge is 2.48. The van der Waals surface area contributed by atoms with Crippen molar-refractivity contribution in [3.05, 3.63) is 330 Å². The van der Waals surface area contributed by atoms with Crippen molar-refractivity contribution in [3.8, 4) is 44.5 Å². The summed E-state index contributed by atoms with van der Waals surface area (Å²) >= 11 is 0. The Kier molecular flexibility index (Phi) is 9.70. The molecule has 324 valence electrons. The zero-order chi connectivity index (χ0) is 45.8. The molecule has 0 radical (unpaired) electrons. The van der Waals surface area contributed by atoms with E-state index >= 15 is 0 Å². The van der Waals surface area contributed by atoms with Crippen LogP contribution in [0.2, 0.25) is 0 Å². The van der Waals surface area contributed by atoms with Crippen LogP contribution in [0, 0.1) is 0 Å². The molecule has 0 spiro atoms. The van der Waals surface area contributed by atoms with Gasteiger partial charge in [-0.05, 0) is 131 Å². The fourth-order valence-electron chi connectivity index (χ4n) is 11.9. The van der Waals surface area contributed by atoms with Gasteiger partial charge in [0.2, 0.25) is 0 Å². The molecule has 0 bridgehead atoms. The third-order valence-corrected chi connectivity index (χ3v) is 14.8. The van der Waals surface area contributed by atoms with Crippen molar-refractivity contribution in [1.29, 1.82) is 0 Å². The molecule has 2 aliphatic rings. The number of hydrogen-bond donors (Lipinski definition) is 0. The van der Waals surface area contributed by atoms with Crippen LogP contribution in [0.25, 0.3) is 44.5 Å². The van der Waals surface area contributed by atoms with Gasteiger partial charge in [-0.2, -0.15) is 0 Å². The summed E-state index contributed by atoms with van der Waals surface area (Å²) in [5, 5.41) is 0. The summed E-state index contributed by atoms with van der Waals surface area (Å²) in [7, 11) is 0. The average molecular weight is 878 g/mol. The summed E-state index contributed by atoms with van der Waals surface area (Å²) < 4.78 is 0. The molecule has 0 aliphatic heterocycles. The first kappa shape index (κ1) is 40.5. The van der Waals surface area contributed by atoms with Crippen LogP contribution in [0.5, 0.6) is 0 Å². The molecule has 1 nitrogen and oxygen atoms in total. The van der Waals surface area contributed by atoms with Crippen molar-refractivity contribution in [3.63, 3.8) is 0 Å². The fraction of sp³-hybridized carbons (Fsp3) is 0.0294. The van der Waals surface area contributed by atoms with Crippen LogP contribution >= 0.6 is 0 Å².